The fraction of sp³-hybridized carbons (Fsp3) is 0.579. The van der Waals surface area contributed by atoms with Crippen LogP contribution in [0.3, 0.4) is 0 Å². The van der Waals surface area contributed by atoms with E-state index in [0.29, 0.717) is 5.56 Å². The summed E-state index contributed by atoms with van der Waals surface area (Å²) < 4.78 is 5.16. The molecule has 1 aliphatic rings. The monoisotopic (exact) mass is 363 g/mol. The zero-order valence-electron chi connectivity index (χ0n) is 15.5. The van der Waals surface area contributed by atoms with Gasteiger partial charge in [-0.1, -0.05) is 29.8 Å². The molecule has 0 radical (unpaired) electrons. The molecule has 0 aliphatic heterocycles. The Kier molecular flexibility index (Phi) is 5.51. The third kappa shape index (κ3) is 3.23. The SMILES string of the molecule is CCOC(=O)[C@]1(C(C)=O)CC[C@@](C)(O)[C@@H]([N+](=O)[O-])[C@@H]1c1cccc(C)c1. The number of hydrogen-bond acceptors (Lipinski definition) is 6. The first-order chi connectivity index (χ1) is 12.1. The Hall–Kier alpha value is -2.28. The van der Waals surface area contributed by atoms with Crippen LogP contribution >= 0.6 is 0 Å². The fourth-order valence-corrected chi connectivity index (χ4v) is 4.09. The summed E-state index contributed by atoms with van der Waals surface area (Å²) in [5.74, 6) is -2.36. The minimum atomic E-state index is -1.69. The predicted octanol–water partition coefficient (Wildman–Crippen LogP) is 2.41. The average molecular weight is 363 g/mol. The maximum Gasteiger partial charge on any atom is 0.320 e. The Labute approximate surface area is 152 Å². The fourth-order valence-electron chi connectivity index (χ4n) is 4.09. The van der Waals surface area contributed by atoms with E-state index in [4.69, 9.17) is 4.74 Å². The molecule has 142 valence electrons. The highest BCUT2D eigenvalue weighted by Crippen LogP contribution is 2.53. The Bertz CT molecular complexity index is 728. The second-order valence-corrected chi connectivity index (χ2v) is 7.23. The summed E-state index contributed by atoms with van der Waals surface area (Å²) in [6.07, 6.45) is -0.0452. The molecule has 1 fully saturated rings. The lowest BCUT2D eigenvalue weighted by molar-refractivity contribution is -0.555. The van der Waals surface area contributed by atoms with Crippen LogP contribution in [0.5, 0.6) is 0 Å². The number of nitro groups is 1. The summed E-state index contributed by atoms with van der Waals surface area (Å²) in [5.41, 5.74) is -2.02. The number of Topliss-reactive ketones (excluding diaryl/α,β-unsaturated/α-hetero) is 1. The highest BCUT2D eigenvalue weighted by molar-refractivity contribution is 6.04. The van der Waals surface area contributed by atoms with E-state index in [9.17, 15) is 24.8 Å². The minimum absolute atomic E-state index is 0.00286. The molecule has 1 aliphatic carbocycles. The number of aliphatic hydroxyl groups is 1. The largest absolute Gasteiger partial charge is 0.465 e. The second kappa shape index (κ2) is 7.15. The average Bonchev–Trinajstić information content (AvgIpc) is 2.53. The van der Waals surface area contributed by atoms with Gasteiger partial charge in [0, 0.05) is 4.92 Å². The lowest BCUT2D eigenvalue weighted by Gasteiger charge is -2.46. The highest BCUT2D eigenvalue weighted by atomic mass is 16.6. The van der Waals surface area contributed by atoms with Crippen molar-refractivity contribution in [3.05, 3.63) is 45.5 Å². The predicted molar refractivity (Wildman–Crippen MR) is 94.3 cm³/mol. The van der Waals surface area contributed by atoms with E-state index < -0.39 is 39.7 Å². The number of carbonyl (C=O) groups excluding carboxylic acids is 2. The molecule has 1 aromatic rings. The van der Waals surface area contributed by atoms with Crippen LogP contribution in [-0.4, -0.2) is 40.0 Å². The molecule has 26 heavy (non-hydrogen) atoms. The van der Waals surface area contributed by atoms with Crippen molar-refractivity contribution in [1.82, 2.24) is 0 Å². The summed E-state index contributed by atoms with van der Waals surface area (Å²) in [5, 5.41) is 22.6. The van der Waals surface area contributed by atoms with Crippen LogP contribution in [0.15, 0.2) is 24.3 Å². The molecule has 2 rings (SSSR count). The molecule has 1 saturated carbocycles. The molecule has 7 heteroatoms. The highest BCUT2D eigenvalue weighted by Gasteiger charge is 2.66. The Balaban J connectivity index is 2.78. The third-order valence-electron chi connectivity index (χ3n) is 5.41. The van der Waals surface area contributed by atoms with E-state index in [2.05, 4.69) is 0 Å². The maximum absolute atomic E-state index is 12.9. The molecule has 0 saturated heterocycles. The van der Waals surface area contributed by atoms with Crippen molar-refractivity contribution in [3.8, 4) is 0 Å². The summed E-state index contributed by atoms with van der Waals surface area (Å²) in [7, 11) is 0. The first kappa shape index (κ1) is 20.0. The molecule has 0 bridgehead atoms. The van der Waals surface area contributed by atoms with Crippen molar-refractivity contribution in [2.24, 2.45) is 5.41 Å². The van der Waals surface area contributed by atoms with Crippen molar-refractivity contribution >= 4 is 11.8 Å². The van der Waals surface area contributed by atoms with Crippen molar-refractivity contribution in [1.29, 1.82) is 0 Å². The molecule has 0 spiro atoms. The number of aryl methyl sites for hydroxylation is 1. The standard InChI is InChI=1S/C19H25NO6/c1-5-26-17(22)19(13(3)21)10-9-18(4,23)16(20(24)25)15(19)14-8-6-7-12(2)11-14/h6-8,11,15-16,23H,5,9-10H2,1-4H3/t15-,16-,18+,19-/m0/s1. The summed E-state index contributed by atoms with van der Waals surface area (Å²) in [4.78, 5) is 36.9. The van der Waals surface area contributed by atoms with Crippen LogP contribution in [0.25, 0.3) is 0 Å². The third-order valence-corrected chi connectivity index (χ3v) is 5.41. The molecule has 0 amide bonds. The van der Waals surface area contributed by atoms with Gasteiger partial charge in [0.15, 0.2) is 0 Å². The van der Waals surface area contributed by atoms with Crippen LogP contribution in [0.4, 0.5) is 0 Å². The van der Waals surface area contributed by atoms with Gasteiger partial charge in [-0.25, -0.2) is 0 Å². The molecule has 0 unspecified atom stereocenters. The van der Waals surface area contributed by atoms with Crippen LogP contribution < -0.4 is 0 Å². The van der Waals surface area contributed by atoms with E-state index in [1.165, 1.54) is 13.8 Å². The van der Waals surface area contributed by atoms with Gasteiger partial charge in [-0.2, -0.15) is 0 Å². The second-order valence-electron chi connectivity index (χ2n) is 7.23. The van der Waals surface area contributed by atoms with Crippen LogP contribution in [0.2, 0.25) is 0 Å². The lowest BCUT2D eigenvalue weighted by Crippen LogP contribution is -2.61. The van der Waals surface area contributed by atoms with E-state index in [-0.39, 0.29) is 19.4 Å². The summed E-state index contributed by atoms with van der Waals surface area (Å²) >= 11 is 0. The number of rotatable bonds is 5. The van der Waals surface area contributed by atoms with E-state index >= 15 is 0 Å². The number of nitrogens with zero attached hydrogens (tertiary/aromatic N) is 1. The van der Waals surface area contributed by atoms with Gasteiger partial charge in [0.1, 0.15) is 16.8 Å². The van der Waals surface area contributed by atoms with Gasteiger partial charge < -0.3 is 9.84 Å². The molecule has 1 N–H and O–H groups in total. The van der Waals surface area contributed by atoms with Crippen LogP contribution in [-0.2, 0) is 14.3 Å². The smallest absolute Gasteiger partial charge is 0.320 e. The molecule has 0 aromatic heterocycles. The number of benzene rings is 1. The lowest BCUT2D eigenvalue weighted by atomic mass is 9.56. The first-order valence-electron chi connectivity index (χ1n) is 8.68. The summed E-state index contributed by atoms with van der Waals surface area (Å²) in [6, 6.07) is 5.42. The van der Waals surface area contributed by atoms with Gasteiger partial charge in [0.05, 0.1) is 12.5 Å². The van der Waals surface area contributed by atoms with E-state index in [0.717, 1.165) is 5.56 Å². The Morgan fingerprint density at radius 3 is 2.54 bits per heavy atom. The van der Waals surface area contributed by atoms with Gasteiger partial charge in [-0.05, 0) is 46.1 Å². The molecule has 1 aromatic carbocycles. The minimum Gasteiger partial charge on any atom is -0.465 e. The van der Waals surface area contributed by atoms with Gasteiger partial charge in [0.25, 0.3) is 0 Å². The number of ether oxygens (including phenoxy) is 1. The quantitative estimate of drug-likeness (QED) is 0.373. The van der Waals surface area contributed by atoms with Crippen molar-refractivity contribution in [2.75, 3.05) is 6.61 Å². The van der Waals surface area contributed by atoms with Crippen LogP contribution in [0, 0.1) is 22.5 Å². The van der Waals surface area contributed by atoms with Crippen molar-refractivity contribution in [3.63, 3.8) is 0 Å². The molecular formula is C19H25NO6. The maximum atomic E-state index is 12.9. The Morgan fingerprint density at radius 2 is 2.04 bits per heavy atom. The number of carbonyl (C=O) groups is 2. The van der Waals surface area contributed by atoms with Gasteiger partial charge in [-0.15, -0.1) is 0 Å². The van der Waals surface area contributed by atoms with Gasteiger partial charge in [-0.3, -0.25) is 19.7 Å². The van der Waals surface area contributed by atoms with Gasteiger partial charge >= 0.3 is 5.97 Å². The van der Waals surface area contributed by atoms with Crippen LogP contribution in [0.1, 0.15) is 50.7 Å². The number of hydrogen-bond donors (Lipinski definition) is 1. The van der Waals surface area contributed by atoms with Crippen molar-refractivity contribution in [2.45, 2.75) is 58.1 Å². The topological polar surface area (TPSA) is 107 Å². The normalized spacial score (nSPS) is 31.3. The molecular weight excluding hydrogens is 338 g/mol. The number of ketones is 1. The zero-order valence-corrected chi connectivity index (χ0v) is 15.5. The van der Waals surface area contributed by atoms with E-state index in [1.54, 1.807) is 25.1 Å². The molecule has 0 heterocycles. The molecule has 7 nitrogen and oxygen atoms in total. The molecule has 4 atom stereocenters. The van der Waals surface area contributed by atoms with Gasteiger partial charge in [0.2, 0.25) is 6.04 Å². The van der Waals surface area contributed by atoms with E-state index in [1.807, 2.05) is 13.0 Å². The Morgan fingerprint density at radius 1 is 1.38 bits per heavy atom. The number of esters is 1. The zero-order chi connectivity index (χ0) is 19.7. The van der Waals surface area contributed by atoms with Crippen molar-refractivity contribution < 1.29 is 24.4 Å². The summed E-state index contributed by atoms with van der Waals surface area (Å²) in [6.45, 7) is 6.16. The first-order valence-corrected chi connectivity index (χ1v) is 8.68.